The number of carbonyl (C=O) groups is 2. The molecule has 0 aliphatic rings. The van der Waals surface area contributed by atoms with E-state index in [0.717, 1.165) is 12.8 Å². The van der Waals surface area contributed by atoms with E-state index in [1.807, 2.05) is 6.92 Å². The maximum atomic E-state index is 11.2. The molecule has 0 bridgehead atoms. The van der Waals surface area contributed by atoms with Crippen LogP contribution in [0.25, 0.3) is 0 Å². The van der Waals surface area contributed by atoms with Crippen LogP contribution in [0.3, 0.4) is 0 Å². The Balaban J connectivity index is 4.09. The number of methoxy groups -OCH3 is 1. The van der Waals surface area contributed by atoms with Gasteiger partial charge in [-0.3, -0.25) is 4.79 Å². The summed E-state index contributed by atoms with van der Waals surface area (Å²) in [6.45, 7) is 1.38. The van der Waals surface area contributed by atoms with E-state index in [9.17, 15) is 9.59 Å². The Hall–Kier alpha value is -1.10. The van der Waals surface area contributed by atoms with E-state index in [1.165, 1.54) is 7.11 Å². The smallest absolute Gasteiger partial charge is 0.328 e. The monoisotopic (exact) mass is 203 g/mol. The molecule has 0 fully saturated rings. The van der Waals surface area contributed by atoms with Gasteiger partial charge in [0.25, 0.3) is 0 Å². The number of amides is 1. The summed E-state index contributed by atoms with van der Waals surface area (Å²) in [4.78, 5) is 22.0. The molecule has 0 saturated carbocycles. The zero-order chi connectivity index (χ0) is 11.0. The first kappa shape index (κ1) is 12.9. The Morgan fingerprint density at radius 3 is 2.57 bits per heavy atom. The summed E-state index contributed by atoms with van der Waals surface area (Å²) in [6, 6.07) is -0.639. The van der Waals surface area contributed by atoms with Gasteiger partial charge in [-0.1, -0.05) is 19.8 Å². The quantitative estimate of drug-likeness (QED) is 0.587. The Kier molecular flexibility index (Phi) is 6.74. The number of hydrogen-bond donors (Lipinski definition) is 2. The molecule has 0 rings (SSSR count). The molecule has 0 aliphatic heterocycles. The van der Waals surface area contributed by atoms with Crippen LogP contribution in [-0.4, -0.2) is 36.7 Å². The Bertz CT molecular complexity index is 193. The second-order valence-corrected chi connectivity index (χ2v) is 2.94. The molecule has 5 heteroatoms. The summed E-state index contributed by atoms with van der Waals surface area (Å²) in [6.07, 6.45) is 2.29. The van der Waals surface area contributed by atoms with Gasteiger partial charge >= 0.3 is 5.97 Å². The molecule has 0 spiro atoms. The third kappa shape index (κ3) is 4.81. The second kappa shape index (κ2) is 7.32. The molecule has 14 heavy (non-hydrogen) atoms. The predicted octanol–water partition coefficient (Wildman–Crippen LogP) is -0.173. The molecule has 0 unspecified atom stereocenters. The number of rotatable bonds is 6. The van der Waals surface area contributed by atoms with Crippen LogP contribution in [-0.2, 0) is 14.3 Å². The predicted molar refractivity (Wildman–Crippen MR) is 50.6 cm³/mol. The lowest BCUT2D eigenvalue weighted by Gasteiger charge is -2.15. The van der Waals surface area contributed by atoms with Crippen LogP contribution in [0.2, 0.25) is 0 Å². The highest BCUT2D eigenvalue weighted by Crippen LogP contribution is 2.02. The Morgan fingerprint density at radius 2 is 2.14 bits per heavy atom. The molecular formula is C9H17NO4. The highest BCUT2D eigenvalue weighted by molar-refractivity contribution is 5.84. The molecule has 5 nitrogen and oxygen atoms in total. The van der Waals surface area contributed by atoms with Gasteiger partial charge in [-0.05, 0) is 6.42 Å². The summed E-state index contributed by atoms with van der Waals surface area (Å²) >= 11 is 0. The van der Waals surface area contributed by atoms with E-state index < -0.39 is 24.5 Å². The number of unbranched alkanes of at least 4 members (excludes halogenated alkanes) is 1. The largest absolute Gasteiger partial charge is 0.467 e. The molecule has 2 N–H and O–H groups in total. The molecule has 0 aliphatic carbocycles. The Morgan fingerprint density at radius 1 is 1.50 bits per heavy atom. The molecule has 0 saturated heterocycles. The topological polar surface area (TPSA) is 75.6 Å². The van der Waals surface area contributed by atoms with Crippen LogP contribution in [0, 0.1) is 0 Å². The molecule has 82 valence electrons. The van der Waals surface area contributed by atoms with Crippen molar-refractivity contribution in [3.05, 3.63) is 0 Å². The second-order valence-electron chi connectivity index (χ2n) is 2.94. The number of nitrogens with one attached hydrogen (secondary N) is 1. The van der Waals surface area contributed by atoms with Crippen LogP contribution in [0.4, 0.5) is 0 Å². The molecule has 0 radical (unpaired) electrons. The van der Waals surface area contributed by atoms with E-state index in [-0.39, 0.29) is 0 Å². The van der Waals surface area contributed by atoms with Gasteiger partial charge in [0, 0.05) is 0 Å². The van der Waals surface area contributed by atoms with Gasteiger partial charge in [0.15, 0.2) is 0 Å². The lowest BCUT2D eigenvalue weighted by atomic mass is 10.1. The molecule has 0 aromatic carbocycles. The minimum Gasteiger partial charge on any atom is -0.467 e. The van der Waals surface area contributed by atoms with E-state index in [1.54, 1.807) is 0 Å². The summed E-state index contributed by atoms with van der Waals surface area (Å²) in [7, 11) is 1.27. The first-order chi connectivity index (χ1) is 6.65. The summed E-state index contributed by atoms with van der Waals surface area (Å²) in [5.74, 6) is -1.03. The maximum Gasteiger partial charge on any atom is 0.328 e. The van der Waals surface area contributed by atoms with Gasteiger partial charge in [0.1, 0.15) is 12.6 Å². The van der Waals surface area contributed by atoms with Gasteiger partial charge in [-0.25, -0.2) is 4.79 Å². The standard InChI is InChI=1S/C9H17NO4/c1-3-4-5-7(9(13)14-2)10-8(12)6-11/h7,11H,3-6H2,1-2H3,(H,10,12)/t7-/m0/s1. The van der Waals surface area contributed by atoms with E-state index in [2.05, 4.69) is 10.1 Å². The average Bonchev–Trinajstić information content (AvgIpc) is 2.22. The number of ether oxygens (including phenoxy) is 1. The summed E-state index contributed by atoms with van der Waals surface area (Å²) < 4.78 is 4.52. The van der Waals surface area contributed by atoms with E-state index in [0.29, 0.717) is 6.42 Å². The van der Waals surface area contributed by atoms with Gasteiger partial charge in [0.2, 0.25) is 5.91 Å². The van der Waals surface area contributed by atoms with Crippen molar-refractivity contribution in [1.82, 2.24) is 5.32 Å². The van der Waals surface area contributed by atoms with Crippen molar-refractivity contribution < 1.29 is 19.4 Å². The van der Waals surface area contributed by atoms with Crippen molar-refractivity contribution >= 4 is 11.9 Å². The average molecular weight is 203 g/mol. The van der Waals surface area contributed by atoms with Gasteiger partial charge in [-0.15, -0.1) is 0 Å². The van der Waals surface area contributed by atoms with Crippen LogP contribution in [0.15, 0.2) is 0 Å². The molecular weight excluding hydrogens is 186 g/mol. The maximum absolute atomic E-state index is 11.2. The SMILES string of the molecule is CCCC[C@H](NC(=O)CO)C(=O)OC. The normalized spacial score (nSPS) is 11.9. The molecule has 0 heterocycles. The number of esters is 1. The van der Waals surface area contributed by atoms with Crippen molar-refractivity contribution in [2.24, 2.45) is 0 Å². The number of carbonyl (C=O) groups excluding carboxylic acids is 2. The highest BCUT2D eigenvalue weighted by atomic mass is 16.5. The lowest BCUT2D eigenvalue weighted by molar-refractivity contribution is -0.145. The van der Waals surface area contributed by atoms with Crippen LogP contribution >= 0.6 is 0 Å². The van der Waals surface area contributed by atoms with Crippen molar-refractivity contribution in [3.8, 4) is 0 Å². The van der Waals surface area contributed by atoms with Crippen LogP contribution in [0.5, 0.6) is 0 Å². The van der Waals surface area contributed by atoms with Gasteiger partial charge in [-0.2, -0.15) is 0 Å². The fourth-order valence-corrected chi connectivity index (χ4v) is 1.04. The van der Waals surface area contributed by atoms with E-state index >= 15 is 0 Å². The number of hydrogen-bond acceptors (Lipinski definition) is 4. The number of aliphatic hydroxyl groups is 1. The first-order valence-corrected chi connectivity index (χ1v) is 4.63. The minimum absolute atomic E-state index is 0.472. The number of aliphatic hydroxyl groups excluding tert-OH is 1. The molecule has 0 aromatic heterocycles. The van der Waals surface area contributed by atoms with Crippen molar-refractivity contribution in [1.29, 1.82) is 0 Å². The fraction of sp³-hybridized carbons (Fsp3) is 0.778. The molecule has 1 atom stereocenters. The van der Waals surface area contributed by atoms with Crippen molar-refractivity contribution in [3.63, 3.8) is 0 Å². The van der Waals surface area contributed by atoms with Crippen LogP contribution < -0.4 is 5.32 Å². The summed E-state index contributed by atoms with van der Waals surface area (Å²) in [5.41, 5.74) is 0. The van der Waals surface area contributed by atoms with Crippen LogP contribution in [0.1, 0.15) is 26.2 Å². The zero-order valence-corrected chi connectivity index (χ0v) is 8.58. The molecule has 1 amide bonds. The lowest BCUT2D eigenvalue weighted by Crippen LogP contribution is -2.42. The third-order valence-electron chi connectivity index (χ3n) is 1.81. The van der Waals surface area contributed by atoms with Crippen molar-refractivity contribution in [2.75, 3.05) is 13.7 Å². The molecule has 0 aromatic rings. The van der Waals surface area contributed by atoms with Crippen molar-refractivity contribution in [2.45, 2.75) is 32.2 Å². The minimum atomic E-state index is -0.639. The van der Waals surface area contributed by atoms with Gasteiger partial charge < -0.3 is 15.2 Å². The summed E-state index contributed by atoms with van der Waals surface area (Å²) in [5, 5.41) is 10.9. The zero-order valence-electron chi connectivity index (χ0n) is 8.58. The highest BCUT2D eigenvalue weighted by Gasteiger charge is 2.19. The fourth-order valence-electron chi connectivity index (χ4n) is 1.04. The Labute approximate surface area is 83.4 Å². The van der Waals surface area contributed by atoms with Gasteiger partial charge in [0.05, 0.1) is 7.11 Å². The third-order valence-corrected chi connectivity index (χ3v) is 1.81. The van der Waals surface area contributed by atoms with E-state index in [4.69, 9.17) is 5.11 Å². The first-order valence-electron chi connectivity index (χ1n) is 4.63.